The highest BCUT2D eigenvalue weighted by Crippen LogP contribution is 2.21. The molecule has 0 aliphatic heterocycles. The number of nitrogens with two attached hydrogens (primary N) is 3. The number of unbranched alkanes of at least 4 members (excludes halogenated alkanes) is 14. The molecule has 0 heterocycles. The minimum atomic E-state index is -1.17. The van der Waals surface area contributed by atoms with E-state index in [0.29, 0.717) is 69.4 Å². The van der Waals surface area contributed by atoms with Crippen LogP contribution in [0, 0.1) is 11.8 Å². The third kappa shape index (κ3) is 30.4. The van der Waals surface area contributed by atoms with Gasteiger partial charge < -0.3 is 43.6 Å². The Bertz CT molecular complexity index is 1680. The van der Waals surface area contributed by atoms with Crippen LogP contribution in [0.4, 0.5) is 0 Å². The summed E-state index contributed by atoms with van der Waals surface area (Å²) >= 11 is 1.55. The standard InChI is InChI=1S/C53H91N7O9S/c1-4-5-6-7-8-9-10-11-12-13-14-15-16-23-50(66)58-44(32-35-70-3)46(62)29-31-51(67)59-45(36-39-24-27-42(61)28-25-39)48(64)38-41(26-30-49(56)65)53(69)60-43(22-18-20-34-55)47(63)37-40(52(68)57-2)21-17-19-33-54/h24-25,27-28,40-41,43-45,61H,4-23,26,29-38,54-55H2,1-3H3,(H2,56,65)(H,57,68)(H,58,66)(H,59,67)(H,60,69)/t40-,41-,43+,44+,45+/m1/s1. The topological polar surface area (TPSA) is 283 Å². The summed E-state index contributed by atoms with van der Waals surface area (Å²) in [4.78, 5) is 107. The van der Waals surface area contributed by atoms with E-state index >= 15 is 0 Å². The fourth-order valence-electron chi connectivity index (χ4n) is 8.48. The molecule has 70 heavy (non-hydrogen) atoms. The van der Waals surface area contributed by atoms with Gasteiger partial charge in [-0.15, -0.1) is 0 Å². The molecule has 1 aromatic carbocycles. The maximum Gasteiger partial charge on any atom is 0.224 e. The van der Waals surface area contributed by atoms with Gasteiger partial charge >= 0.3 is 0 Å². The van der Waals surface area contributed by atoms with E-state index in [1.54, 1.807) is 23.9 Å². The number of phenolic OH excluding ortho intramolecular Hbond substituents is 1. The number of thioether (sulfide) groups is 1. The number of amides is 5. The number of aromatic hydroxyl groups is 1. The molecule has 11 N–H and O–H groups in total. The minimum Gasteiger partial charge on any atom is -0.508 e. The Morgan fingerprint density at radius 2 is 1.04 bits per heavy atom. The summed E-state index contributed by atoms with van der Waals surface area (Å²) in [5, 5.41) is 21.0. The summed E-state index contributed by atoms with van der Waals surface area (Å²) < 4.78 is 0. The van der Waals surface area contributed by atoms with E-state index in [1.165, 1.54) is 77.0 Å². The smallest absolute Gasteiger partial charge is 0.224 e. The van der Waals surface area contributed by atoms with Crippen molar-refractivity contribution in [1.82, 2.24) is 21.3 Å². The van der Waals surface area contributed by atoms with E-state index in [-0.39, 0.29) is 74.1 Å². The lowest BCUT2D eigenvalue weighted by molar-refractivity contribution is -0.135. The molecular formula is C53H91N7O9S. The third-order valence-corrected chi connectivity index (χ3v) is 13.5. The molecule has 5 atom stereocenters. The fourth-order valence-corrected chi connectivity index (χ4v) is 8.95. The normalized spacial score (nSPS) is 13.3. The van der Waals surface area contributed by atoms with Crippen molar-refractivity contribution in [3.05, 3.63) is 29.8 Å². The van der Waals surface area contributed by atoms with Crippen LogP contribution in [0.15, 0.2) is 24.3 Å². The van der Waals surface area contributed by atoms with Crippen molar-refractivity contribution < 1.29 is 43.5 Å². The van der Waals surface area contributed by atoms with Gasteiger partial charge in [0.25, 0.3) is 0 Å². The quantitative estimate of drug-likeness (QED) is 0.0330. The maximum absolute atomic E-state index is 14.2. The Morgan fingerprint density at radius 3 is 1.59 bits per heavy atom. The average molecular weight is 1000 g/mol. The fraction of sp³-hybridized carbons (Fsp3) is 0.736. The monoisotopic (exact) mass is 1000 g/mol. The third-order valence-electron chi connectivity index (χ3n) is 12.8. The molecule has 5 amide bonds. The number of phenols is 1. The average Bonchev–Trinajstić information content (AvgIpc) is 3.34. The number of primary amides is 1. The summed E-state index contributed by atoms with van der Waals surface area (Å²) in [5.41, 5.74) is 17.5. The molecule has 17 heteroatoms. The van der Waals surface area contributed by atoms with Gasteiger partial charge in [-0.25, -0.2) is 0 Å². The molecule has 1 rings (SSSR count). The second-order valence-electron chi connectivity index (χ2n) is 18.8. The molecule has 0 fully saturated rings. The zero-order valence-electron chi connectivity index (χ0n) is 43.0. The Morgan fingerprint density at radius 1 is 0.543 bits per heavy atom. The first kappa shape index (κ1) is 63.7. The van der Waals surface area contributed by atoms with Crippen LogP contribution in [0.2, 0.25) is 0 Å². The molecule has 0 bridgehead atoms. The number of benzene rings is 1. The molecule has 0 unspecified atom stereocenters. The van der Waals surface area contributed by atoms with Gasteiger partial charge in [0.05, 0.1) is 18.1 Å². The van der Waals surface area contributed by atoms with Crippen LogP contribution >= 0.6 is 11.8 Å². The first-order valence-electron chi connectivity index (χ1n) is 26.3. The summed E-state index contributed by atoms with van der Waals surface area (Å²) in [7, 11) is 1.49. The van der Waals surface area contributed by atoms with E-state index in [1.807, 2.05) is 6.26 Å². The Kier molecular flexibility index (Phi) is 36.6. The number of hydrogen-bond donors (Lipinski definition) is 8. The molecule has 0 radical (unpaired) electrons. The van der Waals surface area contributed by atoms with Crippen LogP contribution in [-0.2, 0) is 44.8 Å². The highest BCUT2D eigenvalue weighted by Gasteiger charge is 2.32. The Labute approximate surface area is 423 Å². The second-order valence-corrected chi connectivity index (χ2v) is 19.8. The van der Waals surface area contributed by atoms with Crippen molar-refractivity contribution in [1.29, 1.82) is 0 Å². The van der Waals surface area contributed by atoms with Crippen molar-refractivity contribution in [2.24, 2.45) is 29.0 Å². The lowest BCUT2D eigenvalue weighted by atomic mass is 9.89. The molecule has 398 valence electrons. The summed E-state index contributed by atoms with van der Waals surface area (Å²) in [6.07, 6.45) is 19.9. The van der Waals surface area contributed by atoms with E-state index < -0.39 is 59.9 Å². The lowest BCUT2D eigenvalue weighted by Crippen LogP contribution is -2.47. The van der Waals surface area contributed by atoms with Gasteiger partial charge in [-0.2, -0.15) is 11.8 Å². The zero-order valence-corrected chi connectivity index (χ0v) is 43.8. The van der Waals surface area contributed by atoms with Gasteiger partial charge in [0, 0.05) is 57.4 Å². The molecule has 0 saturated carbocycles. The van der Waals surface area contributed by atoms with Gasteiger partial charge in [0.15, 0.2) is 17.3 Å². The van der Waals surface area contributed by atoms with Crippen molar-refractivity contribution in [2.75, 3.05) is 32.1 Å². The van der Waals surface area contributed by atoms with E-state index in [0.717, 1.165) is 25.7 Å². The number of hydrogen-bond acceptors (Lipinski definition) is 12. The first-order valence-corrected chi connectivity index (χ1v) is 27.7. The summed E-state index contributed by atoms with van der Waals surface area (Å²) in [6.45, 7) is 3.04. The SMILES string of the molecule is CCCCCCCCCCCCCCCC(=O)N[C@@H](CCSC)C(=O)CCC(=O)N[C@@H](Cc1ccc(O)cc1)C(=O)C[C@@H](CCC(N)=O)C(=O)N[C@@H](CCCCN)C(=O)C[C@@H](CCCCN)C(=O)NC. The molecule has 0 saturated heterocycles. The molecule has 16 nitrogen and oxygen atoms in total. The van der Waals surface area contributed by atoms with Gasteiger partial charge in [0.2, 0.25) is 29.5 Å². The molecule has 0 spiro atoms. The number of carbonyl (C=O) groups is 8. The van der Waals surface area contributed by atoms with Gasteiger partial charge in [-0.3, -0.25) is 38.4 Å². The van der Waals surface area contributed by atoms with Crippen molar-refractivity contribution in [2.45, 2.75) is 205 Å². The van der Waals surface area contributed by atoms with Gasteiger partial charge in [0.1, 0.15) is 5.75 Å². The van der Waals surface area contributed by atoms with Crippen molar-refractivity contribution in [3.8, 4) is 5.75 Å². The maximum atomic E-state index is 14.2. The number of Topliss-reactive ketones (excluding diaryl/α,β-unsaturated/α-hetero) is 3. The molecule has 1 aromatic rings. The van der Waals surface area contributed by atoms with Crippen molar-refractivity contribution >= 4 is 58.6 Å². The molecule has 0 aliphatic rings. The predicted octanol–water partition coefficient (Wildman–Crippen LogP) is 6.39. The molecule has 0 aliphatic carbocycles. The minimum absolute atomic E-state index is 0.00223. The number of rotatable bonds is 45. The molecule has 0 aromatic heterocycles. The predicted molar refractivity (Wildman–Crippen MR) is 280 cm³/mol. The summed E-state index contributed by atoms with van der Waals surface area (Å²) in [5.74, 6) is -4.76. The number of carbonyl (C=O) groups excluding carboxylic acids is 8. The zero-order chi connectivity index (χ0) is 51.9. The Balaban J connectivity index is 3.06. The van der Waals surface area contributed by atoms with Crippen LogP contribution in [0.5, 0.6) is 5.75 Å². The van der Waals surface area contributed by atoms with E-state index in [4.69, 9.17) is 17.2 Å². The van der Waals surface area contributed by atoms with E-state index in [2.05, 4.69) is 28.2 Å². The number of nitrogens with one attached hydrogen (secondary N) is 4. The van der Waals surface area contributed by atoms with Gasteiger partial charge in [-0.1, -0.05) is 103 Å². The van der Waals surface area contributed by atoms with Crippen LogP contribution in [0.1, 0.15) is 186 Å². The van der Waals surface area contributed by atoms with Crippen molar-refractivity contribution in [3.63, 3.8) is 0 Å². The van der Waals surface area contributed by atoms with Gasteiger partial charge in [-0.05, 0) is 101 Å². The first-order chi connectivity index (χ1) is 33.7. The highest BCUT2D eigenvalue weighted by atomic mass is 32.2. The molecular weight excluding hydrogens is 911 g/mol. The largest absolute Gasteiger partial charge is 0.508 e. The number of ketones is 3. The Hall–Kier alpha value is -4.35. The van der Waals surface area contributed by atoms with Crippen LogP contribution in [0.3, 0.4) is 0 Å². The second kappa shape index (κ2) is 40.3. The highest BCUT2D eigenvalue weighted by molar-refractivity contribution is 7.98. The van der Waals surface area contributed by atoms with E-state index in [9.17, 15) is 43.5 Å². The lowest BCUT2D eigenvalue weighted by Gasteiger charge is -2.25. The summed E-state index contributed by atoms with van der Waals surface area (Å²) in [6, 6.07) is 3.14. The van der Waals surface area contributed by atoms with Crippen LogP contribution in [-0.4, -0.2) is 102 Å². The van der Waals surface area contributed by atoms with Crippen LogP contribution < -0.4 is 38.5 Å². The van der Waals surface area contributed by atoms with Crippen LogP contribution in [0.25, 0.3) is 0 Å².